The zero-order valence-electron chi connectivity index (χ0n) is 12.0. The molecule has 0 amide bonds. The molecule has 0 saturated heterocycles. The molecule has 2 heterocycles. The Kier molecular flexibility index (Phi) is 3.44. The quantitative estimate of drug-likeness (QED) is 0.690. The predicted molar refractivity (Wildman–Crippen MR) is 81.0 cm³/mol. The number of aryl methyl sites for hydroxylation is 1. The molecule has 0 bridgehead atoms. The molecule has 0 aliphatic carbocycles. The number of aromatic nitrogens is 2. The highest BCUT2D eigenvalue weighted by Crippen LogP contribution is 2.25. The van der Waals surface area contributed by atoms with E-state index >= 15 is 0 Å². The van der Waals surface area contributed by atoms with Crippen LogP contribution in [0.15, 0.2) is 48.8 Å². The fourth-order valence-corrected chi connectivity index (χ4v) is 2.54. The van der Waals surface area contributed by atoms with Gasteiger partial charge in [0, 0.05) is 18.0 Å². The van der Waals surface area contributed by atoms with Crippen molar-refractivity contribution in [1.29, 1.82) is 0 Å². The number of ether oxygens (including phenoxy) is 1. The number of ketones is 1. The maximum Gasteiger partial charge on any atom is 0.238 e. The molecule has 4 heteroatoms. The summed E-state index contributed by atoms with van der Waals surface area (Å²) < 4.78 is 7.14. The van der Waals surface area contributed by atoms with Gasteiger partial charge >= 0.3 is 0 Å². The molecule has 2 aromatic heterocycles. The van der Waals surface area contributed by atoms with Gasteiger partial charge in [-0.2, -0.15) is 0 Å². The third-order valence-electron chi connectivity index (χ3n) is 3.57. The molecule has 0 saturated carbocycles. The van der Waals surface area contributed by atoms with Crippen molar-refractivity contribution in [2.45, 2.75) is 13.3 Å². The van der Waals surface area contributed by atoms with Crippen LogP contribution in [0.2, 0.25) is 0 Å². The first-order chi connectivity index (χ1) is 10.3. The van der Waals surface area contributed by atoms with E-state index in [0.717, 1.165) is 17.5 Å². The summed E-state index contributed by atoms with van der Waals surface area (Å²) in [7, 11) is 1.58. The van der Waals surface area contributed by atoms with Gasteiger partial charge in [0.25, 0.3) is 0 Å². The van der Waals surface area contributed by atoms with Gasteiger partial charge in [-0.1, -0.05) is 37.3 Å². The van der Waals surface area contributed by atoms with Crippen LogP contribution in [0.25, 0.3) is 5.52 Å². The average molecular weight is 280 g/mol. The van der Waals surface area contributed by atoms with Crippen LogP contribution in [-0.4, -0.2) is 22.3 Å². The average Bonchev–Trinajstić information content (AvgIpc) is 2.93. The van der Waals surface area contributed by atoms with Gasteiger partial charge in [0.1, 0.15) is 5.52 Å². The topological polar surface area (TPSA) is 43.6 Å². The Bertz CT molecular complexity index is 791. The standard InChI is InChI=1S/C17H16N2O2/c1-3-12-11-14-17(21-2)18-9-10-19(14)15(12)16(20)13-7-5-4-6-8-13/h4-11H,3H2,1-2H3. The molecule has 0 unspecified atom stereocenters. The van der Waals surface area contributed by atoms with Crippen molar-refractivity contribution < 1.29 is 9.53 Å². The number of rotatable bonds is 4. The molecule has 106 valence electrons. The largest absolute Gasteiger partial charge is 0.480 e. The molecule has 0 atom stereocenters. The third-order valence-corrected chi connectivity index (χ3v) is 3.57. The van der Waals surface area contributed by atoms with Gasteiger partial charge < -0.3 is 9.14 Å². The first kappa shape index (κ1) is 13.4. The minimum atomic E-state index is 0.0145. The molecule has 0 radical (unpaired) electrons. The van der Waals surface area contributed by atoms with Crippen molar-refractivity contribution in [3.63, 3.8) is 0 Å². The van der Waals surface area contributed by atoms with Gasteiger partial charge in [0.15, 0.2) is 0 Å². The highest BCUT2D eigenvalue weighted by molar-refractivity contribution is 6.09. The van der Waals surface area contributed by atoms with Gasteiger partial charge in [-0.05, 0) is 18.1 Å². The van der Waals surface area contributed by atoms with Crippen LogP contribution in [0.1, 0.15) is 28.5 Å². The summed E-state index contributed by atoms with van der Waals surface area (Å²) in [6, 6.07) is 11.3. The van der Waals surface area contributed by atoms with E-state index in [1.54, 1.807) is 19.5 Å². The number of nitrogens with zero attached hydrogens (tertiary/aromatic N) is 2. The number of carbonyl (C=O) groups excluding carboxylic acids is 1. The second kappa shape index (κ2) is 5.40. The number of methoxy groups -OCH3 is 1. The molecule has 4 nitrogen and oxygen atoms in total. The van der Waals surface area contributed by atoms with Crippen molar-refractivity contribution >= 4 is 11.3 Å². The van der Waals surface area contributed by atoms with Crippen LogP contribution in [-0.2, 0) is 6.42 Å². The minimum Gasteiger partial charge on any atom is -0.480 e. The Morgan fingerprint density at radius 2 is 2.05 bits per heavy atom. The molecule has 0 spiro atoms. The molecule has 3 aromatic rings. The summed E-state index contributed by atoms with van der Waals surface area (Å²) in [5.41, 5.74) is 3.17. The third kappa shape index (κ3) is 2.18. The summed E-state index contributed by atoms with van der Waals surface area (Å²) >= 11 is 0. The normalized spacial score (nSPS) is 10.8. The zero-order chi connectivity index (χ0) is 14.8. The lowest BCUT2D eigenvalue weighted by atomic mass is 10.0. The fourth-order valence-electron chi connectivity index (χ4n) is 2.54. The summed E-state index contributed by atoms with van der Waals surface area (Å²) in [6.07, 6.45) is 4.22. The van der Waals surface area contributed by atoms with E-state index in [4.69, 9.17) is 4.74 Å². The van der Waals surface area contributed by atoms with Crippen molar-refractivity contribution in [3.05, 3.63) is 65.6 Å². The van der Waals surface area contributed by atoms with Crippen LogP contribution in [0.4, 0.5) is 0 Å². The van der Waals surface area contributed by atoms with Crippen LogP contribution >= 0.6 is 0 Å². The summed E-state index contributed by atoms with van der Waals surface area (Å²) in [4.78, 5) is 17.0. The summed E-state index contributed by atoms with van der Waals surface area (Å²) in [5, 5.41) is 0. The Balaban J connectivity index is 2.24. The van der Waals surface area contributed by atoms with Gasteiger partial charge in [-0.15, -0.1) is 0 Å². The van der Waals surface area contributed by atoms with Gasteiger partial charge in [-0.3, -0.25) is 4.79 Å². The smallest absolute Gasteiger partial charge is 0.238 e. The lowest BCUT2D eigenvalue weighted by Crippen LogP contribution is -2.08. The Morgan fingerprint density at radius 3 is 2.71 bits per heavy atom. The fraction of sp³-hybridized carbons (Fsp3) is 0.176. The second-order valence-corrected chi connectivity index (χ2v) is 4.76. The molecule has 0 aliphatic rings. The highest BCUT2D eigenvalue weighted by Gasteiger charge is 2.19. The van der Waals surface area contributed by atoms with E-state index in [-0.39, 0.29) is 5.78 Å². The van der Waals surface area contributed by atoms with E-state index in [1.807, 2.05) is 47.7 Å². The summed E-state index contributed by atoms with van der Waals surface area (Å²) in [5.74, 6) is 0.542. The number of carbonyl (C=O) groups is 1. The molecule has 3 rings (SSSR count). The molecular weight excluding hydrogens is 264 g/mol. The lowest BCUT2D eigenvalue weighted by Gasteiger charge is -2.06. The van der Waals surface area contributed by atoms with Crippen LogP contribution < -0.4 is 4.74 Å². The van der Waals surface area contributed by atoms with E-state index in [0.29, 0.717) is 17.1 Å². The zero-order valence-corrected chi connectivity index (χ0v) is 12.0. The second-order valence-electron chi connectivity index (χ2n) is 4.76. The van der Waals surface area contributed by atoms with Crippen molar-refractivity contribution in [3.8, 4) is 5.88 Å². The number of hydrogen-bond donors (Lipinski definition) is 0. The van der Waals surface area contributed by atoms with Crippen LogP contribution in [0.5, 0.6) is 5.88 Å². The van der Waals surface area contributed by atoms with E-state index < -0.39 is 0 Å². The van der Waals surface area contributed by atoms with E-state index in [9.17, 15) is 4.79 Å². The van der Waals surface area contributed by atoms with Crippen LogP contribution in [0.3, 0.4) is 0 Å². The Labute approximate surface area is 123 Å². The Hall–Kier alpha value is -2.62. The predicted octanol–water partition coefficient (Wildman–Crippen LogP) is 3.14. The maximum absolute atomic E-state index is 12.8. The monoisotopic (exact) mass is 280 g/mol. The SMILES string of the molecule is CCc1cc2c(OC)nccn2c1C(=O)c1ccccc1. The van der Waals surface area contributed by atoms with Gasteiger partial charge in [0.2, 0.25) is 11.7 Å². The highest BCUT2D eigenvalue weighted by atomic mass is 16.5. The van der Waals surface area contributed by atoms with Gasteiger partial charge in [0.05, 0.1) is 12.8 Å². The number of fused-ring (bicyclic) bond motifs is 1. The summed E-state index contributed by atoms with van der Waals surface area (Å²) in [6.45, 7) is 2.04. The van der Waals surface area contributed by atoms with Gasteiger partial charge in [-0.25, -0.2) is 4.98 Å². The number of benzene rings is 1. The molecule has 1 aromatic carbocycles. The molecular formula is C17H16N2O2. The minimum absolute atomic E-state index is 0.0145. The maximum atomic E-state index is 12.8. The van der Waals surface area contributed by atoms with Crippen molar-refractivity contribution in [2.24, 2.45) is 0 Å². The van der Waals surface area contributed by atoms with Crippen molar-refractivity contribution in [2.75, 3.05) is 7.11 Å². The first-order valence-electron chi connectivity index (χ1n) is 6.89. The van der Waals surface area contributed by atoms with Crippen LogP contribution in [0, 0.1) is 0 Å². The Morgan fingerprint density at radius 1 is 1.29 bits per heavy atom. The molecule has 0 fully saturated rings. The molecule has 0 N–H and O–H groups in total. The molecule has 0 aliphatic heterocycles. The van der Waals surface area contributed by atoms with Crippen molar-refractivity contribution in [1.82, 2.24) is 9.38 Å². The van der Waals surface area contributed by atoms with E-state index in [1.165, 1.54) is 0 Å². The lowest BCUT2D eigenvalue weighted by molar-refractivity contribution is 0.103. The molecule has 21 heavy (non-hydrogen) atoms. The first-order valence-corrected chi connectivity index (χ1v) is 6.89. The van der Waals surface area contributed by atoms with E-state index in [2.05, 4.69) is 4.98 Å². The number of hydrogen-bond acceptors (Lipinski definition) is 3.